The van der Waals surface area contributed by atoms with Gasteiger partial charge in [-0.1, -0.05) is 11.6 Å². The predicted molar refractivity (Wildman–Crippen MR) is 66.5 cm³/mol. The Morgan fingerprint density at radius 3 is 2.82 bits per heavy atom. The van der Waals surface area contributed by atoms with Gasteiger partial charge in [0, 0.05) is 17.1 Å². The number of nitrogens with two attached hydrogens (primary N) is 1. The van der Waals surface area contributed by atoms with E-state index in [4.69, 9.17) is 22.1 Å². The van der Waals surface area contributed by atoms with Crippen LogP contribution in [0.15, 0.2) is 18.2 Å². The zero-order chi connectivity index (χ0) is 12.4. The largest absolute Gasteiger partial charge is 0.496 e. The summed E-state index contributed by atoms with van der Waals surface area (Å²) in [5.41, 5.74) is 6.16. The second kappa shape index (κ2) is 4.94. The molecule has 17 heavy (non-hydrogen) atoms. The Labute approximate surface area is 105 Å². The number of amides is 1. The van der Waals surface area contributed by atoms with Crippen LogP contribution >= 0.6 is 11.6 Å². The summed E-state index contributed by atoms with van der Waals surface area (Å²) in [6.07, 6.45) is 1.67. The molecule has 0 unspecified atom stereocenters. The van der Waals surface area contributed by atoms with Crippen molar-refractivity contribution in [2.45, 2.75) is 24.9 Å². The van der Waals surface area contributed by atoms with E-state index in [0.717, 1.165) is 12.8 Å². The van der Waals surface area contributed by atoms with E-state index in [0.29, 0.717) is 16.3 Å². The first-order valence-corrected chi connectivity index (χ1v) is 5.88. The van der Waals surface area contributed by atoms with E-state index in [9.17, 15) is 4.79 Å². The lowest BCUT2D eigenvalue weighted by Gasteiger charge is -2.33. The summed E-state index contributed by atoms with van der Waals surface area (Å²) in [6.45, 7) is 0. The van der Waals surface area contributed by atoms with Gasteiger partial charge in [-0.25, -0.2) is 0 Å². The molecule has 1 aliphatic rings. The molecule has 3 N–H and O–H groups in total. The zero-order valence-electron chi connectivity index (χ0n) is 9.57. The summed E-state index contributed by atoms with van der Waals surface area (Å²) in [7, 11) is 1.52. The molecule has 0 aliphatic heterocycles. The Kier molecular flexibility index (Phi) is 3.54. The van der Waals surface area contributed by atoms with Crippen molar-refractivity contribution in [3.63, 3.8) is 0 Å². The number of nitrogens with one attached hydrogen (secondary N) is 1. The van der Waals surface area contributed by atoms with Gasteiger partial charge in [0.15, 0.2) is 0 Å². The highest BCUT2D eigenvalue weighted by molar-refractivity contribution is 6.30. The molecule has 0 heterocycles. The number of rotatable bonds is 3. The fourth-order valence-electron chi connectivity index (χ4n) is 1.90. The molecule has 1 fully saturated rings. The number of carbonyl (C=O) groups excluding carboxylic acids is 1. The lowest BCUT2D eigenvalue weighted by Crippen LogP contribution is -2.50. The first-order chi connectivity index (χ1) is 8.10. The van der Waals surface area contributed by atoms with Crippen LogP contribution in [-0.4, -0.2) is 25.1 Å². The zero-order valence-corrected chi connectivity index (χ0v) is 10.3. The van der Waals surface area contributed by atoms with Gasteiger partial charge >= 0.3 is 0 Å². The van der Waals surface area contributed by atoms with Crippen molar-refractivity contribution in [3.05, 3.63) is 28.8 Å². The third-order valence-corrected chi connectivity index (χ3v) is 3.15. The molecule has 92 valence electrons. The summed E-state index contributed by atoms with van der Waals surface area (Å²) in [5.74, 6) is 0.342. The minimum atomic E-state index is -0.143. The van der Waals surface area contributed by atoms with Crippen molar-refractivity contribution in [1.29, 1.82) is 0 Å². The third kappa shape index (κ3) is 2.70. The molecule has 0 spiro atoms. The van der Waals surface area contributed by atoms with Gasteiger partial charge < -0.3 is 15.8 Å². The van der Waals surface area contributed by atoms with Crippen molar-refractivity contribution >= 4 is 17.5 Å². The van der Waals surface area contributed by atoms with Crippen molar-refractivity contribution in [1.82, 2.24) is 5.32 Å². The van der Waals surface area contributed by atoms with Gasteiger partial charge in [0.2, 0.25) is 0 Å². The maximum absolute atomic E-state index is 12.0. The van der Waals surface area contributed by atoms with Crippen molar-refractivity contribution in [2.24, 2.45) is 5.73 Å². The molecule has 0 saturated heterocycles. The molecule has 1 amide bonds. The fraction of sp³-hybridized carbons (Fsp3) is 0.417. The normalized spacial score (nSPS) is 22.8. The molecule has 0 atom stereocenters. The van der Waals surface area contributed by atoms with Gasteiger partial charge in [0.05, 0.1) is 12.7 Å². The first kappa shape index (κ1) is 12.2. The molecular weight excluding hydrogens is 240 g/mol. The van der Waals surface area contributed by atoms with Crippen LogP contribution in [0.2, 0.25) is 5.02 Å². The van der Waals surface area contributed by atoms with Crippen LogP contribution in [-0.2, 0) is 0 Å². The SMILES string of the molecule is COc1cc(Cl)ccc1C(=O)NC1CC(N)C1. The number of benzene rings is 1. The summed E-state index contributed by atoms with van der Waals surface area (Å²) < 4.78 is 5.13. The molecule has 1 aromatic carbocycles. The Bertz CT molecular complexity index is 431. The van der Waals surface area contributed by atoms with Gasteiger partial charge in [0.1, 0.15) is 5.75 Å². The van der Waals surface area contributed by atoms with Crippen molar-refractivity contribution in [2.75, 3.05) is 7.11 Å². The van der Waals surface area contributed by atoms with Gasteiger partial charge in [-0.2, -0.15) is 0 Å². The standard InChI is InChI=1S/C12H15ClN2O2/c1-17-11-4-7(13)2-3-10(11)12(16)15-9-5-8(14)6-9/h2-4,8-9H,5-6,14H2,1H3,(H,15,16). The maximum atomic E-state index is 12.0. The fourth-order valence-corrected chi connectivity index (χ4v) is 2.06. The van der Waals surface area contributed by atoms with Crippen molar-refractivity contribution in [3.8, 4) is 5.75 Å². The lowest BCUT2D eigenvalue weighted by molar-refractivity contribution is 0.0907. The number of hydrogen-bond acceptors (Lipinski definition) is 3. The van der Waals surface area contributed by atoms with Crippen LogP contribution in [0.1, 0.15) is 23.2 Å². The minimum absolute atomic E-state index is 0.143. The van der Waals surface area contributed by atoms with E-state index in [1.807, 2.05) is 0 Å². The van der Waals surface area contributed by atoms with Crippen LogP contribution in [0.25, 0.3) is 0 Å². The quantitative estimate of drug-likeness (QED) is 0.861. The molecule has 4 nitrogen and oxygen atoms in total. The van der Waals surface area contributed by atoms with E-state index in [2.05, 4.69) is 5.32 Å². The number of carbonyl (C=O) groups is 1. The Morgan fingerprint density at radius 2 is 2.24 bits per heavy atom. The molecule has 0 radical (unpaired) electrons. The number of ether oxygens (including phenoxy) is 1. The highest BCUT2D eigenvalue weighted by atomic mass is 35.5. The van der Waals surface area contributed by atoms with E-state index in [1.165, 1.54) is 7.11 Å². The van der Waals surface area contributed by atoms with E-state index >= 15 is 0 Å². The summed E-state index contributed by atoms with van der Waals surface area (Å²) in [6, 6.07) is 5.36. The minimum Gasteiger partial charge on any atom is -0.496 e. The van der Waals surface area contributed by atoms with Crippen LogP contribution < -0.4 is 15.8 Å². The van der Waals surface area contributed by atoms with Crippen molar-refractivity contribution < 1.29 is 9.53 Å². The van der Waals surface area contributed by atoms with Crippen LogP contribution in [0.5, 0.6) is 5.75 Å². The molecule has 1 aliphatic carbocycles. The van der Waals surface area contributed by atoms with Crippen LogP contribution in [0.4, 0.5) is 0 Å². The van der Waals surface area contributed by atoms with E-state index in [-0.39, 0.29) is 18.0 Å². The topological polar surface area (TPSA) is 64.3 Å². The first-order valence-electron chi connectivity index (χ1n) is 5.50. The van der Waals surface area contributed by atoms with Crippen LogP contribution in [0, 0.1) is 0 Å². The molecule has 5 heteroatoms. The Balaban J connectivity index is 2.08. The predicted octanol–water partition coefficient (Wildman–Crippen LogP) is 1.57. The maximum Gasteiger partial charge on any atom is 0.255 e. The smallest absolute Gasteiger partial charge is 0.255 e. The summed E-state index contributed by atoms with van der Waals surface area (Å²) in [4.78, 5) is 12.0. The van der Waals surface area contributed by atoms with E-state index in [1.54, 1.807) is 18.2 Å². The van der Waals surface area contributed by atoms with Gasteiger partial charge in [-0.3, -0.25) is 4.79 Å². The highest BCUT2D eigenvalue weighted by Crippen LogP contribution is 2.24. The van der Waals surface area contributed by atoms with Crippen LogP contribution in [0.3, 0.4) is 0 Å². The number of halogens is 1. The van der Waals surface area contributed by atoms with Gasteiger partial charge in [-0.05, 0) is 31.0 Å². The van der Waals surface area contributed by atoms with Gasteiger partial charge in [0.25, 0.3) is 5.91 Å². The molecule has 1 saturated carbocycles. The molecule has 1 aromatic rings. The third-order valence-electron chi connectivity index (χ3n) is 2.92. The van der Waals surface area contributed by atoms with E-state index < -0.39 is 0 Å². The summed E-state index contributed by atoms with van der Waals surface area (Å²) in [5, 5.41) is 3.46. The van der Waals surface area contributed by atoms with Gasteiger partial charge in [-0.15, -0.1) is 0 Å². The Morgan fingerprint density at radius 1 is 1.53 bits per heavy atom. The molecule has 0 bridgehead atoms. The average Bonchev–Trinajstić information content (AvgIpc) is 2.26. The summed E-state index contributed by atoms with van der Waals surface area (Å²) >= 11 is 5.84. The molecular formula is C12H15ClN2O2. The molecule has 0 aromatic heterocycles. The Hall–Kier alpha value is -1.26. The molecule has 2 rings (SSSR count). The second-order valence-corrected chi connectivity index (χ2v) is 4.68. The lowest BCUT2D eigenvalue weighted by atomic mass is 9.87. The second-order valence-electron chi connectivity index (χ2n) is 4.25. The number of methoxy groups -OCH3 is 1. The average molecular weight is 255 g/mol. The number of hydrogen-bond donors (Lipinski definition) is 2. The monoisotopic (exact) mass is 254 g/mol. The highest BCUT2D eigenvalue weighted by Gasteiger charge is 2.28.